The Labute approximate surface area is 172 Å². The van der Waals surface area contributed by atoms with Crippen molar-refractivity contribution in [3.05, 3.63) is 69.3 Å². The number of thiophene rings is 1. The molecule has 4 aromatic rings. The van der Waals surface area contributed by atoms with Crippen LogP contribution < -0.4 is 5.32 Å². The molecule has 3 aromatic heterocycles. The van der Waals surface area contributed by atoms with Gasteiger partial charge in [0, 0.05) is 28.8 Å². The van der Waals surface area contributed by atoms with Gasteiger partial charge in [-0.05, 0) is 43.8 Å². The van der Waals surface area contributed by atoms with Gasteiger partial charge in [-0.15, -0.1) is 11.3 Å². The average molecular weight is 401 g/mol. The highest BCUT2D eigenvalue weighted by atomic mass is 32.1. The molecule has 0 aliphatic heterocycles. The molecule has 1 aliphatic rings. The summed E-state index contributed by atoms with van der Waals surface area (Å²) in [5.74, 6) is 1.15. The van der Waals surface area contributed by atoms with Crippen LogP contribution in [0.5, 0.6) is 0 Å². The van der Waals surface area contributed by atoms with Gasteiger partial charge >= 0.3 is 0 Å². The lowest BCUT2D eigenvalue weighted by molar-refractivity contribution is 0.0963. The molecule has 5 rings (SSSR count). The van der Waals surface area contributed by atoms with E-state index in [0.717, 1.165) is 28.7 Å². The second-order valence-corrected chi connectivity index (χ2v) is 8.36. The van der Waals surface area contributed by atoms with Gasteiger partial charge in [0.05, 0.1) is 22.5 Å². The molecule has 0 spiro atoms. The van der Waals surface area contributed by atoms with E-state index in [1.165, 1.54) is 10.4 Å². The lowest BCUT2D eigenvalue weighted by Crippen LogP contribution is -2.20. The molecule has 0 saturated heterocycles. The van der Waals surface area contributed by atoms with Crippen molar-refractivity contribution >= 4 is 39.9 Å². The fraction of sp³-hybridized carbons (Fsp3) is 0.227. The van der Waals surface area contributed by atoms with Gasteiger partial charge in [0.25, 0.3) is 0 Å². The lowest BCUT2D eigenvalue weighted by Gasteiger charge is -2.22. The first-order valence-electron chi connectivity index (χ1n) is 9.51. The third-order valence-electron chi connectivity index (χ3n) is 5.25. The fourth-order valence-corrected chi connectivity index (χ4v) is 4.61. The van der Waals surface area contributed by atoms with Crippen molar-refractivity contribution in [3.63, 3.8) is 0 Å². The quantitative estimate of drug-likeness (QED) is 0.533. The van der Waals surface area contributed by atoms with Crippen LogP contribution in [0.3, 0.4) is 0 Å². The van der Waals surface area contributed by atoms with Crippen molar-refractivity contribution in [1.29, 1.82) is 0 Å². The number of nitrogens with one attached hydrogen (secondary N) is 1. The number of nitrogens with zero attached hydrogens (tertiary/aromatic N) is 4. The molecule has 0 radical (unpaired) electrons. The molecule has 1 aliphatic carbocycles. The van der Waals surface area contributed by atoms with Crippen LogP contribution in [0.1, 0.15) is 44.5 Å². The molecule has 1 atom stereocenters. The van der Waals surface area contributed by atoms with Crippen LogP contribution in [0.25, 0.3) is 10.9 Å². The van der Waals surface area contributed by atoms with Gasteiger partial charge in [-0.25, -0.2) is 19.9 Å². The maximum atomic E-state index is 12.6. The number of ketones is 1. The van der Waals surface area contributed by atoms with Crippen LogP contribution in [0.15, 0.2) is 41.9 Å². The molecule has 0 bridgehead atoms. The molecule has 1 aromatic carbocycles. The third kappa shape index (κ3) is 3.38. The summed E-state index contributed by atoms with van der Waals surface area (Å²) in [7, 11) is 0. The van der Waals surface area contributed by atoms with Crippen molar-refractivity contribution in [2.75, 3.05) is 5.32 Å². The highest BCUT2D eigenvalue weighted by molar-refractivity contribution is 7.10. The number of hydrogen-bond acceptors (Lipinski definition) is 7. The molecule has 144 valence electrons. The summed E-state index contributed by atoms with van der Waals surface area (Å²) >= 11 is 1.69. The largest absolute Gasteiger partial charge is 0.294 e. The molecule has 3 heterocycles. The summed E-state index contributed by atoms with van der Waals surface area (Å²) in [6.45, 7) is 4.02. The van der Waals surface area contributed by atoms with Gasteiger partial charge in [0.1, 0.15) is 0 Å². The second-order valence-electron chi connectivity index (χ2n) is 7.38. The summed E-state index contributed by atoms with van der Waals surface area (Å²) in [6, 6.07) is 10.2. The predicted molar refractivity (Wildman–Crippen MR) is 114 cm³/mol. The van der Waals surface area contributed by atoms with Crippen LogP contribution in [0.2, 0.25) is 0 Å². The van der Waals surface area contributed by atoms with E-state index in [9.17, 15) is 4.79 Å². The highest BCUT2D eigenvalue weighted by Gasteiger charge is 2.28. The van der Waals surface area contributed by atoms with E-state index < -0.39 is 0 Å². The number of hydrogen-bond donors (Lipinski definition) is 1. The Morgan fingerprint density at radius 1 is 1.07 bits per heavy atom. The molecule has 6 nitrogen and oxygen atoms in total. The predicted octanol–water partition coefficient (Wildman–Crippen LogP) is 4.75. The molecular weight excluding hydrogens is 382 g/mol. The molecule has 0 amide bonds. The van der Waals surface area contributed by atoms with Crippen molar-refractivity contribution in [1.82, 2.24) is 19.9 Å². The average Bonchev–Trinajstić information content (AvgIpc) is 3.23. The number of fused-ring (bicyclic) bond motifs is 2. The highest BCUT2D eigenvalue weighted by Crippen LogP contribution is 2.34. The fourth-order valence-electron chi connectivity index (χ4n) is 3.78. The summed E-state index contributed by atoms with van der Waals surface area (Å²) in [5, 5.41) is 6.19. The van der Waals surface area contributed by atoms with Gasteiger partial charge < -0.3 is 0 Å². The smallest absolute Gasteiger partial charge is 0.230 e. The van der Waals surface area contributed by atoms with Crippen LogP contribution >= 0.6 is 11.3 Å². The first-order valence-corrected chi connectivity index (χ1v) is 10.4. The van der Waals surface area contributed by atoms with Gasteiger partial charge in [0.2, 0.25) is 11.9 Å². The molecule has 0 unspecified atom stereocenters. The Kier molecular flexibility index (Phi) is 4.32. The third-order valence-corrected chi connectivity index (χ3v) is 6.29. The number of Topliss-reactive ketones (excluding diaryl/α,β-unsaturated/α-hetero) is 1. The first kappa shape index (κ1) is 17.9. The Hall–Kier alpha value is -3.19. The Bertz CT molecular complexity index is 1240. The number of rotatable bonds is 3. The van der Waals surface area contributed by atoms with Crippen LogP contribution in [0, 0.1) is 13.8 Å². The molecule has 29 heavy (non-hydrogen) atoms. The molecular formula is C22H19N5OS. The van der Waals surface area contributed by atoms with E-state index in [-0.39, 0.29) is 11.7 Å². The van der Waals surface area contributed by atoms with Gasteiger partial charge in [0.15, 0.2) is 5.78 Å². The number of aromatic nitrogens is 4. The van der Waals surface area contributed by atoms with Crippen LogP contribution in [-0.4, -0.2) is 25.7 Å². The van der Waals surface area contributed by atoms with Crippen molar-refractivity contribution in [2.45, 2.75) is 32.6 Å². The monoisotopic (exact) mass is 401 g/mol. The number of aryl methyl sites for hydroxylation is 2. The normalized spacial score (nSPS) is 16.1. The molecule has 0 fully saturated rings. The number of benzene rings is 1. The standard InChI is InChI=1S/C22H19N5OS/c1-12-5-6-17-15(8-12)13(2)24-22(25-17)27-21-23-11-16-18(26-21)9-14(10-19(16)28)20-4-3-7-29-20/h3-8,11,14H,9-10H2,1-2H3,(H,23,24,25,26,27)/t14-/m1/s1. The zero-order chi connectivity index (χ0) is 20.0. The SMILES string of the molecule is Cc1ccc2nc(Nc3ncc4c(n3)C[C@@H](c3cccs3)CC4=O)nc(C)c2c1. The zero-order valence-corrected chi connectivity index (χ0v) is 17.0. The van der Waals surface area contributed by atoms with Crippen molar-refractivity contribution in [3.8, 4) is 0 Å². The van der Waals surface area contributed by atoms with E-state index in [4.69, 9.17) is 0 Å². The first-order chi connectivity index (χ1) is 14.1. The number of anilines is 2. The van der Waals surface area contributed by atoms with E-state index in [0.29, 0.717) is 23.9 Å². The zero-order valence-electron chi connectivity index (χ0n) is 16.1. The summed E-state index contributed by atoms with van der Waals surface area (Å²) in [4.78, 5) is 31.9. The van der Waals surface area contributed by atoms with Crippen LogP contribution in [-0.2, 0) is 6.42 Å². The van der Waals surface area contributed by atoms with Gasteiger partial charge in [-0.3, -0.25) is 10.1 Å². The second kappa shape index (κ2) is 7.00. The van der Waals surface area contributed by atoms with E-state index in [2.05, 4.69) is 44.3 Å². The summed E-state index contributed by atoms with van der Waals surface area (Å²) in [5.41, 5.74) is 4.34. The minimum Gasteiger partial charge on any atom is -0.294 e. The maximum Gasteiger partial charge on any atom is 0.230 e. The Morgan fingerprint density at radius 2 is 1.97 bits per heavy atom. The van der Waals surface area contributed by atoms with E-state index >= 15 is 0 Å². The van der Waals surface area contributed by atoms with Crippen molar-refractivity contribution < 1.29 is 4.79 Å². The molecule has 7 heteroatoms. The lowest BCUT2D eigenvalue weighted by atomic mass is 9.86. The van der Waals surface area contributed by atoms with E-state index in [1.807, 2.05) is 30.5 Å². The molecule has 1 N–H and O–H groups in total. The Morgan fingerprint density at radius 3 is 2.79 bits per heavy atom. The minimum absolute atomic E-state index is 0.101. The maximum absolute atomic E-state index is 12.6. The molecule has 0 saturated carbocycles. The van der Waals surface area contributed by atoms with Crippen molar-refractivity contribution in [2.24, 2.45) is 0 Å². The number of carbonyl (C=O) groups excluding carboxylic acids is 1. The van der Waals surface area contributed by atoms with E-state index in [1.54, 1.807) is 17.5 Å². The summed E-state index contributed by atoms with van der Waals surface area (Å²) < 4.78 is 0. The van der Waals surface area contributed by atoms with Gasteiger partial charge in [-0.2, -0.15) is 0 Å². The Balaban J connectivity index is 1.46. The topological polar surface area (TPSA) is 80.7 Å². The van der Waals surface area contributed by atoms with Crippen LogP contribution in [0.4, 0.5) is 11.9 Å². The van der Waals surface area contributed by atoms with Gasteiger partial charge in [-0.1, -0.05) is 17.7 Å². The summed E-state index contributed by atoms with van der Waals surface area (Å²) in [6.07, 6.45) is 2.86. The number of carbonyl (C=O) groups is 1. The minimum atomic E-state index is 0.101.